The normalized spacial score (nSPS) is 15.1. The molecule has 3 nitrogen and oxygen atoms in total. The lowest BCUT2D eigenvalue weighted by molar-refractivity contribution is 0.415. The van der Waals surface area contributed by atoms with Crippen LogP contribution in [0.3, 0.4) is 0 Å². The molecule has 0 saturated heterocycles. The number of hydrogen-bond acceptors (Lipinski definition) is 2. The molecule has 1 aromatic carbocycles. The van der Waals surface area contributed by atoms with Gasteiger partial charge in [0.25, 0.3) is 0 Å². The van der Waals surface area contributed by atoms with E-state index in [2.05, 4.69) is 42.1 Å². The van der Waals surface area contributed by atoms with E-state index >= 15 is 0 Å². The molecule has 1 fully saturated rings. The molecule has 2 aromatic rings. The first kappa shape index (κ1) is 12.5. The number of nitrogens with one attached hydrogen (secondary N) is 1. The number of aryl methyl sites for hydroxylation is 1. The average Bonchev–Trinajstić information content (AvgIpc) is 3.22. The van der Waals surface area contributed by atoms with Crippen LogP contribution in [0.2, 0.25) is 0 Å². The summed E-state index contributed by atoms with van der Waals surface area (Å²) >= 11 is 0. The molecule has 0 unspecified atom stereocenters. The van der Waals surface area contributed by atoms with Crippen molar-refractivity contribution in [3.63, 3.8) is 0 Å². The van der Waals surface area contributed by atoms with Gasteiger partial charge in [-0.15, -0.1) is 0 Å². The zero-order valence-corrected chi connectivity index (χ0v) is 12.0. The van der Waals surface area contributed by atoms with E-state index in [1.165, 1.54) is 35.0 Å². The largest absolute Gasteiger partial charge is 0.497 e. The molecule has 0 radical (unpaired) electrons. The number of aromatic nitrogens is 1. The van der Waals surface area contributed by atoms with Crippen LogP contribution in [-0.2, 0) is 13.5 Å². The Labute approximate surface area is 114 Å². The summed E-state index contributed by atoms with van der Waals surface area (Å²) in [5.74, 6) is 0.927. The third-order valence-electron chi connectivity index (χ3n) is 4.22. The smallest absolute Gasteiger partial charge is 0.120 e. The quantitative estimate of drug-likeness (QED) is 0.892. The number of fused-ring (bicyclic) bond motifs is 1. The lowest BCUT2D eigenvalue weighted by Gasteiger charge is -2.04. The van der Waals surface area contributed by atoms with E-state index in [-0.39, 0.29) is 0 Å². The van der Waals surface area contributed by atoms with Crippen molar-refractivity contribution in [1.29, 1.82) is 0 Å². The summed E-state index contributed by atoms with van der Waals surface area (Å²) in [6.07, 6.45) is 3.81. The molecule has 1 N–H and O–H groups in total. The fourth-order valence-corrected chi connectivity index (χ4v) is 2.75. The Morgan fingerprint density at radius 1 is 1.37 bits per heavy atom. The number of methoxy groups -OCH3 is 1. The molecule has 1 aliphatic carbocycles. The van der Waals surface area contributed by atoms with Crippen LogP contribution in [0, 0.1) is 6.92 Å². The maximum atomic E-state index is 5.32. The van der Waals surface area contributed by atoms with E-state index in [0.717, 1.165) is 24.8 Å². The molecule has 1 aliphatic rings. The van der Waals surface area contributed by atoms with Gasteiger partial charge in [0.15, 0.2) is 0 Å². The fraction of sp³-hybridized carbons (Fsp3) is 0.500. The first-order valence-corrected chi connectivity index (χ1v) is 7.06. The molecule has 102 valence electrons. The number of benzene rings is 1. The number of rotatable bonds is 5. The van der Waals surface area contributed by atoms with E-state index < -0.39 is 0 Å². The highest BCUT2D eigenvalue weighted by Gasteiger charge is 2.20. The predicted molar refractivity (Wildman–Crippen MR) is 78.9 cm³/mol. The van der Waals surface area contributed by atoms with Crippen molar-refractivity contribution in [2.45, 2.75) is 32.2 Å². The van der Waals surface area contributed by atoms with E-state index in [4.69, 9.17) is 4.74 Å². The third-order valence-corrected chi connectivity index (χ3v) is 4.22. The first-order valence-electron chi connectivity index (χ1n) is 7.06. The summed E-state index contributed by atoms with van der Waals surface area (Å²) in [5, 5.41) is 4.95. The topological polar surface area (TPSA) is 26.2 Å². The maximum Gasteiger partial charge on any atom is 0.120 e. The van der Waals surface area contributed by atoms with E-state index in [1.807, 2.05) is 0 Å². The molecule has 3 heteroatoms. The van der Waals surface area contributed by atoms with Gasteiger partial charge >= 0.3 is 0 Å². The van der Waals surface area contributed by atoms with Crippen LogP contribution < -0.4 is 10.1 Å². The highest BCUT2D eigenvalue weighted by atomic mass is 16.5. The maximum absolute atomic E-state index is 5.32. The number of hydrogen-bond donors (Lipinski definition) is 1. The van der Waals surface area contributed by atoms with Gasteiger partial charge in [-0.3, -0.25) is 0 Å². The molecule has 0 atom stereocenters. The van der Waals surface area contributed by atoms with Gasteiger partial charge in [0.05, 0.1) is 12.6 Å². The summed E-state index contributed by atoms with van der Waals surface area (Å²) in [4.78, 5) is 0. The number of ether oxygens (including phenoxy) is 1. The van der Waals surface area contributed by atoms with Gasteiger partial charge in [0.2, 0.25) is 0 Å². The second-order valence-electron chi connectivity index (χ2n) is 5.48. The molecule has 0 aliphatic heterocycles. The molecule has 1 heterocycles. The Bertz CT molecular complexity index is 596. The summed E-state index contributed by atoms with van der Waals surface area (Å²) < 4.78 is 7.59. The Hall–Kier alpha value is -1.48. The Morgan fingerprint density at radius 3 is 2.84 bits per heavy atom. The Morgan fingerprint density at radius 2 is 2.16 bits per heavy atom. The molecule has 0 amide bonds. The highest BCUT2D eigenvalue weighted by molar-refractivity contribution is 5.86. The van der Waals surface area contributed by atoms with Crippen molar-refractivity contribution in [2.24, 2.45) is 7.05 Å². The summed E-state index contributed by atoms with van der Waals surface area (Å²) in [6.45, 7) is 3.29. The van der Waals surface area contributed by atoms with Gasteiger partial charge in [-0.05, 0) is 50.4 Å². The lowest BCUT2D eigenvalue weighted by Crippen LogP contribution is -2.19. The lowest BCUT2D eigenvalue weighted by atomic mass is 10.1. The molecule has 0 spiro atoms. The standard InChI is InChI=1S/C16H22N2O/c1-11-14(8-9-17-12-4-5-12)15-7-6-13(19-3)10-16(15)18(11)2/h6-7,10,12,17H,4-5,8-9H2,1-3H3. The van der Waals surface area contributed by atoms with Gasteiger partial charge in [-0.1, -0.05) is 0 Å². The summed E-state index contributed by atoms with van der Waals surface area (Å²) in [5.41, 5.74) is 4.09. The molecule has 1 saturated carbocycles. The van der Waals surface area contributed by atoms with Gasteiger partial charge < -0.3 is 14.6 Å². The van der Waals surface area contributed by atoms with E-state index in [0.29, 0.717) is 0 Å². The zero-order chi connectivity index (χ0) is 13.4. The predicted octanol–water partition coefficient (Wildman–Crippen LogP) is 2.79. The van der Waals surface area contributed by atoms with Crippen LogP contribution in [0.15, 0.2) is 18.2 Å². The minimum absolute atomic E-state index is 0.787. The van der Waals surface area contributed by atoms with Crippen LogP contribution in [0.25, 0.3) is 10.9 Å². The minimum Gasteiger partial charge on any atom is -0.497 e. The molecule has 1 aromatic heterocycles. The Kier molecular flexibility index (Phi) is 3.23. The van der Waals surface area contributed by atoms with E-state index in [1.54, 1.807) is 7.11 Å². The SMILES string of the molecule is COc1ccc2c(CCNC3CC3)c(C)n(C)c2c1. The van der Waals surface area contributed by atoms with Gasteiger partial charge in [-0.2, -0.15) is 0 Å². The average molecular weight is 258 g/mol. The van der Waals surface area contributed by atoms with Crippen LogP contribution in [0.1, 0.15) is 24.1 Å². The highest BCUT2D eigenvalue weighted by Crippen LogP contribution is 2.28. The van der Waals surface area contributed by atoms with Crippen molar-refractivity contribution in [1.82, 2.24) is 9.88 Å². The van der Waals surface area contributed by atoms with Gasteiger partial charge in [-0.25, -0.2) is 0 Å². The van der Waals surface area contributed by atoms with Crippen molar-refractivity contribution >= 4 is 10.9 Å². The monoisotopic (exact) mass is 258 g/mol. The molecule has 3 rings (SSSR count). The minimum atomic E-state index is 0.787. The van der Waals surface area contributed by atoms with Crippen molar-refractivity contribution in [2.75, 3.05) is 13.7 Å². The second-order valence-corrected chi connectivity index (χ2v) is 5.48. The van der Waals surface area contributed by atoms with Crippen LogP contribution in [0.4, 0.5) is 0 Å². The Balaban J connectivity index is 1.90. The van der Waals surface area contributed by atoms with Crippen LogP contribution >= 0.6 is 0 Å². The zero-order valence-electron chi connectivity index (χ0n) is 12.0. The van der Waals surface area contributed by atoms with Crippen molar-refractivity contribution < 1.29 is 4.74 Å². The second kappa shape index (κ2) is 4.89. The molecule has 19 heavy (non-hydrogen) atoms. The molecule has 0 bridgehead atoms. The molecular formula is C16H22N2O. The molecular weight excluding hydrogens is 236 g/mol. The van der Waals surface area contributed by atoms with Crippen LogP contribution in [0.5, 0.6) is 5.75 Å². The fourth-order valence-electron chi connectivity index (χ4n) is 2.75. The van der Waals surface area contributed by atoms with Crippen molar-refractivity contribution in [3.05, 3.63) is 29.5 Å². The summed E-state index contributed by atoms with van der Waals surface area (Å²) in [7, 11) is 3.85. The van der Waals surface area contributed by atoms with Gasteiger partial charge in [0.1, 0.15) is 5.75 Å². The van der Waals surface area contributed by atoms with Gasteiger partial charge in [0, 0.05) is 30.2 Å². The van der Waals surface area contributed by atoms with Crippen molar-refractivity contribution in [3.8, 4) is 5.75 Å². The number of nitrogens with zero attached hydrogens (tertiary/aromatic N) is 1. The van der Waals surface area contributed by atoms with E-state index in [9.17, 15) is 0 Å². The summed E-state index contributed by atoms with van der Waals surface area (Å²) in [6, 6.07) is 7.16. The first-order chi connectivity index (χ1) is 9.20. The third kappa shape index (κ3) is 2.35. The van der Waals surface area contributed by atoms with Crippen LogP contribution in [-0.4, -0.2) is 24.3 Å².